The van der Waals surface area contributed by atoms with E-state index in [1.807, 2.05) is 0 Å². The zero-order chi connectivity index (χ0) is 13.4. The number of nitrogens with zero attached hydrogens (tertiary/aromatic N) is 1. The second kappa shape index (κ2) is 8.92. The molecule has 1 aliphatic rings. The predicted octanol–water partition coefficient (Wildman–Crippen LogP) is 3.81. The fourth-order valence-electron chi connectivity index (χ4n) is 2.95. The smallest absolute Gasteiger partial charge is 0.00938 e. The lowest BCUT2D eigenvalue weighted by Crippen LogP contribution is -2.47. The third-order valence-corrected chi connectivity index (χ3v) is 4.27. The van der Waals surface area contributed by atoms with Crippen LogP contribution in [-0.2, 0) is 0 Å². The van der Waals surface area contributed by atoms with Crippen LogP contribution in [0, 0.1) is 0 Å². The van der Waals surface area contributed by atoms with Crippen molar-refractivity contribution in [2.75, 3.05) is 13.1 Å². The highest BCUT2D eigenvalue weighted by molar-refractivity contribution is 4.80. The molecule has 1 atom stereocenters. The standard InChI is InChI=1S/C16H34N2/c1-5-6-7-8-9-15(4)17-16-10-12-18(13-11-16)14(2)3/h14-17H,5-13H2,1-4H3. The van der Waals surface area contributed by atoms with E-state index in [9.17, 15) is 0 Å². The normalized spacial score (nSPS) is 20.5. The average Bonchev–Trinajstić information content (AvgIpc) is 2.35. The first kappa shape index (κ1) is 16.0. The summed E-state index contributed by atoms with van der Waals surface area (Å²) in [6, 6.07) is 2.19. The average molecular weight is 254 g/mol. The van der Waals surface area contributed by atoms with Crippen molar-refractivity contribution in [3.05, 3.63) is 0 Å². The minimum absolute atomic E-state index is 0.706. The second-order valence-electron chi connectivity index (χ2n) is 6.32. The molecule has 2 heteroatoms. The zero-order valence-electron chi connectivity index (χ0n) is 13.0. The molecule has 0 spiro atoms. The predicted molar refractivity (Wildman–Crippen MR) is 81.1 cm³/mol. The van der Waals surface area contributed by atoms with Gasteiger partial charge >= 0.3 is 0 Å². The van der Waals surface area contributed by atoms with Gasteiger partial charge in [0.2, 0.25) is 0 Å². The van der Waals surface area contributed by atoms with Gasteiger partial charge in [-0.1, -0.05) is 32.6 Å². The van der Waals surface area contributed by atoms with Crippen LogP contribution in [-0.4, -0.2) is 36.1 Å². The van der Waals surface area contributed by atoms with Gasteiger partial charge in [0, 0.05) is 18.1 Å². The van der Waals surface area contributed by atoms with Crippen molar-refractivity contribution in [2.45, 2.75) is 90.8 Å². The maximum absolute atomic E-state index is 3.83. The molecule has 0 aliphatic carbocycles. The van der Waals surface area contributed by atoms with E-state index in [4.69, 9.17) is 0 Å². The highest BCUT2D eigenvalue weighted by atomic mass is 15.2. The van der Waals surface area contributed by atoms with Crippen LogP contribution < -0.4 is 5.32 Å². The summed E-state index contributed by atoms with van der Waals surface area (Å²) in [6.45, 7) is 11.8. The molecular formula is C16H34N2. The van der Waals surface area contributed by atoms with Crippen LogP contribution in [0.2, 0.25) is 0 Å². The van der Waals surface area contributed by atoms with E-state index in [1.54, 1.807) is 0 Å². The molecule has 0 aromatic rings. The Kier molecular flexibility index (Phi) is 7.92. The quantitative estimate of drug-likeness (QED) is 0.663. The molecule has 1 heterocycles. The summed E-state index contributed by atoms with van der Waals surface area (Å²) in [7, 11) is 0. The first-order chi connectivity index (χ1) is 8.63. The molecule has 1 rings (SSSR count). The Balaban J connectivity index is 2.08. The lowest BCUT2D eigenvalue weighted by Gasteiger charge is -2.36. The molecule has 0 radical (unpaired) electrons. The molecule has 1 aliphatic heterocycles. The maximum Gasteiger partial charge on any atom is 0.00938 e. The van der Waals surface area contributed by atoms with Crippen LogP contribution in [0.25, 0.3) is 0 Å². The summed E-state index contributed by atoms with van der Waals surface area (Å²) < 4.78 is 0. The van der Waals surface area contributed by atoms with Crippen LogP contribution >= 0.6 is 0 Å². The zero-order valence-corrected chi connectivity index (χ0v) is 13.0. The lowest BCUT2D eigenvalue weighted by atomic mass is 10.0. The molecule has 0 amide bonds. The van der Waals surface area contributed by atoms with Gasteiger partial charge in [-0.3, -0.25) is 0 Å². The van der Waals surface area contributed by atoms with Crippen LogP contribution in [0.4, 0.5) is 0 Å². The van der Waals surface area contributed by atoms with Crippen molar-refractivity contribution in [1.82, 2.24) is 10.2 Å². The number of hydrogen-bond acceptors (Lipinski definition) is 2. The highest BCUT2D eigenvalue weighted by Gasteiger charge is 2.21. The van der Waals surface area contributed by atoms with E-state index in [-0.39, 0.29) is 0 Å². The van der Waals surface area contributed by atoms with Crippen molar-refractivity contribution >= 4 is 0 Å². The van der Waals surface area contributed by atoms with Gasteiger partial charge in [0.25, 0.3) is 0 Å². The molecule has 1 N–H and O–H groups in total. The van der Waals surface area contributed by atoms with Gasteiger partial charge in [-0.05, 0) is 53.1 Å². The maximum atomic E-state index is 3.83. The fraction of sp³-hybridized carbons (Fsp3) is 1.00. The molecule has 0 saturated carbocycles. The molecule has 108 valence electrons. The summed E-state index contributed by atoms with van der Waals surface area (Å²) in [5, 5.41) is 3.83. The number of unbranched alkanes of at least 4 members (excludes halogenated alkanes) is 3. The van der Waals surface area contributed by atoms with E-state index in [0.29, 0.717) is 6.04 Å². The molecule has 1 unspecified atom stereocenters. The van der Waals surface area contributed by atoms with Crippen LogP contribution in [0.5, 0.6) is 0 Å². The van der Waals surface area contributed by atoms with Crippen LogP contribution in [0.1, 0.15) is 72.6 Å². The molecule has 0 aromatic carbocycles. The van der Waals surface area contributed by atoms with Gasteiger partial charge in [-0.25, -0.2) is 0 Å². The monoisotopic (exact) mass is 254 g/mol. The Morgan fingerprint density at radius 3 is 2.28 bits per heavy atom. The first-order valence-corrected chi connectivity index (χ1v) is 8.13. The highest BCUT2D eigenvalue weighted by Crippen LogP contribution is 2.14. The van der Waals surface area contributed by atoms with E-state index in [2.05, 4.69) is 37.9 Å². The summed E-state index contributed by atoms with van der Waals surface area (Å²) >= 11 is 0. The third-order valence-electron chi connectivity index (χ3n) is 4.27. The molecule has 0 bridgehead atoms. The Hall–Kier alpha value is -0.0800. The molecular weight excluding hydrogens is 220 g/mol. The van der Waals surface area contributed by atoms with Crippen LogP contribution in [0.15, 0.2) is 0 Å². The van der Waals surface area contributed by atoms with E-state index in [0.717, 1.165) is 12.1 Å². The Bertz CT molecular complexity index is 195. The molecule has 2 nitrogen and oxygen atoms in total. The third kappa shape index (κ3) is 6.19. The SMILES string of the molecule is CCCCCCC(C)NC1CCN(C(C)C)CC1. The van der Waals surface area contributed by atoms with Gasteiger partial charge in [-0.2, -0.15) is 0 Å². The molecule has 0 aromatic heterocycles. The Labute approximate surface area is 115 Å². The second-order valence-corrected chi connectivity index (χ2v) is 6.32. The van der Waals surface area contributed by atoms with Crippen molar-refractivity contribution < 1.29 is 0 Å². The lowest BCUT2D eigenvalue weighted by molar-refractivity contribution is 0.156. The topological polar surface area (TPSA) is 15.3 Å². The molecule has 18 heavy (non-hydrogen) atoms. The Morgan fingerprint density at radius 2 is 1.72 bits per heavy atom. The summed E-state index contributed by atoms with van der Waals surface area (Å²) in [4.78, 5) is 2.60. The van der Waals surface area contributed by atoms with Gasteiger partial charge < -0.3 is 10.2 Å². The van der Waals surface area contributed by atoms with E-state index >= 15 is 0 Å². The first-order valence-electron chi connectivity index (χ1n) is 8.13. The van der Waals surface area contributed by atoms with E-state index in [1.165, 1.54) is 58.0 Å². The fourth-order valence-corrected chi connectivity index (χ4v) is 2.95. The number of rotatable bonds is 8. The van der Waals surface area contributed by atoms with Gasteiger partial charge in [0.15, 0.2) is 0 Å². The summed E-state index contributed by atoms with van der Waals surface area (Å²) in [5.74, 6) is 0. The summed E-state index contributed by atoms with van der Waals surface area (Å²) in [5.41, 5.74) is 0. The molecule has 1 fully saturated rings. The molecule has 1 saturated heterocycles. The number of likely N-dealkylation sites (tertiary alicyclic amines) is 1. The van der Waals surface area contributed by atoms with Crippen LogP contribution in [0.3, 0.4) is 0 Å². The minimum atomic E-state index is 0.706. The van der Waals surface area contributed by atoms with Gasteiger partial charge in [0.05, 0.1) is 0 Å². The van der Waals surface area contributed by atoms with Gasteiger partial charge in [0.1, 0.15) is 0 Å². The van der Waals surface area contributed by atoms with Crippen molar-refractivity contribution in [2.24, 2.45) is 0 Å². The number of piperidine rings is 1. The van der Waals surface area contributed by atoms with Gasteiger partial charge in [-0.15, -0.1) is 0 Å². The summed E-state index contributed by atoms with van der Waals surface area (Å²) in [6.07, 6.45) is 9.56. The number of nitrogens with one attached hydrogen (secondary N) is 1. The minimum Gasteiger partial charge on any atom is -0.311 e. The van der Waals surface area contributed by atoms with Crippen molar-refractivity contribution in [3.63, 3.8) is 0 Å². The van der Waals surface area contributed by atoms with Crippen molar-refractivity contribution in [1.29, 1.82) is 0 Å². The van der Waals surface area contributed by atoms with Crippen molar-refractivity contribution in [3.8, 4) is 0 Å². The number of hydrogen-bond donors (Lipinski definition) is 1. The Morgan fingerprint density at radius 1 is 1.06 bits per heavy atom. The largest absolute Gasteiger partial charge is 0.311 e. The van der Waals surface area contributed by atoms with E-state index < -0.39 is 0 Å².